The number of aromatic amines is 1. The van der Waals surface area contributed by atoms with Crippen LogP contribution in [0.5, 0.6) is 0 Å². The Bertz CT molecular complexity index is 799. The zero-order chi connectivity index (χ0) is 15.0. The van der Waals surface area contributed by atoms with Crippen molar-refractivity contribution in [2.24, 2.45) is 5.73 Å². The summed E-state index contributed by atoms with van der Waals surface area (Å²) in [5.41, 5.74) is 9.25. The van der Waals surface area contributed by atoms with Crippen molar-refractivity contribution >= 4 is 5.91 Å². The van der Waals surface area contributed by atoms with Crippen LogP contribution < -0.4 is 5.73 Å². The first-order valence-corrected chi connectivity index (χ1v) is 6.32. The van der Waals surface area contributed by atoms with E-state index in [0.29, 0.717) is 5.69 Å². The van der Waals surface area contributed by atoms with Crippen molar-refractivity contribution in [3.05, 3.63) is 41.4 Å². The Morgan fingerprint density at radius 3 is 2.67 bits per heavy atom. The largest absolute Gasteiger partial charge is 0.364 e. The lowest BCUT2D eigenvalue weighted by Gasteiger charge is -2.03. The topological polar surface area (TPSA) is 111 Å². The number of nitrogens with zero attached hydrogens (tertiary/aromatic N) is 3. The zero-order valence-electron chi connectivity index (χ0n) is 11.5. The summed E-state index contributed by atoms with van der Waals surface area (Å²) in [5, 5.41) is 14.1. The summed E-state index contributed by atoms with van der Waals surface area (Å²) in [4.78, 5) is 11.4. The van der Waals surface area contributed by atoms with Gasteiger partial charge in [0.2, 0.25) is 0 Å². The zero-order valence-corrected chi connectivity index (χ0v) is 11.5. The summed E-state index contributed by atoms with van der Waals surface area (Å²) in [5.74, 6) is 0.112. The molecular weight excluding hydrogens is 270 g/mol. The van der Waals surface area contributed by atoms with E-state index in [4.69, 9.17) is 10.3 Å². The Morgan fingerprint density at radius 1 is 1.24 bits per heavy atom. The minimum absolute atomic E-state index is 0.117. The molecule has 0 aliphatic carbocycles. The summed E-state index contributed by atoms with van der Waals surface area (Å²) >= 11 is 0. The van der Waals surface area contributed by atoms with E-state index in [1.165, 1.54) is 0 Å². The Kier molecular flexibility index (Phi) is 3.02. The van der Waals surface area contributed by atoms with Crippen LogP contribution >= 0.6 is 0 Å². The number of aromatic nitrogens is 4. The first-order valence-electron chi connectivity index (χ1n) is 6.32. The number of carbonyl (C=O) groups is 1. The van der Waals surface area contributed by atoms with Gasteiger partial charge in [0.05, 0.1) is 5.69 Å². The maximum absolute atomic E-state index is 11.4. The lowest BCUT2D eigenvalue weighted by atomic mass is 10.00. The van der Waals surface area contributed by atoms with Crippen LogP contribution in [0.3, 0.4) is 0 Å². The molecule has 0 aliphatic heterocycles. The Hall–Kier alpha value is -2.96. The van der Waals surface area contributed by atoms with Crippen molar-refractivity contribution in [1.82, 2.24) is 20.6 Å². The molecular formula is C14H13N5O2. The maximum Gasteiger partial charge on any atom is 0.271 e. The average molecular weight is 283 g/mol. The molecule has 0 fully saturated rings. The van der Waals surface area contributed by atoms with Crippen molar-refractivity contribution in [1.29, 1.82) is 0 Å². The number of primary amides is 1. The van der Waals surface area contributed by atoms with Crippen LogP contribution in [0.1, 0.15) is 21.9 Å². The van der Waals surface area contributed by atoms with Crippen molar-refractivity contribution in [2.45, 2.75) is 13.8 Å². The molecule has 106 valence electrons. The van der Waals surface area contributed by atoms with Gasteiger partial charge in [-0.1, -0.05) is 23.4 Å². The molecule has 1 aromatic carbocycles. The minimum Gasteiger partial charge on any atom is -0.364 e. The molecule has 0 radical (unpaired) electrons. The molecule has 0 aliphatic rings. The molecule has 2 aromatic heterocycles. The van der Waals surface area contributed by atoms with Gasteiger partial charge in [-0.15, -0.1) is 0 Å². The summed E-state index contributed by atoms with van der Waals surface area (Å²) in [6, 6.07) is 7.55. The number of rotatable bonds is 3. The third-order valence-corrected chi connectivity index (χ3v) is 3.24. The molecule has 3 aromatic rings. The second kappa shape index (κ2) is 4.86. The van der Waals surface area contributed by atoms with E-state index < -0.39 is 5.91 Å². The van der Waals surface area contributed by atoms with Crippen molar-refractivity contribution < 1.29 is 9.32 Å². The molecule has 3 rings (SSSR count). The van der Waals surface area contributed by atoms with E-state index in [9.17, 15) is 4.79 Å². The molecule has 7 nitrogen and oxygen atoms in total. The first kappa shape index (κ1) is 13.0. The molecule has 21 heavy (non-hydrogen) atoms. The minimum atomic E-state index is -0.624. The van der Waals surface area contributed by atoms with Crippen LogP contribution in [0.15, 0.2) is 28.8 Å². The molecule has 1 amide bonds. The Morgan fingerprint density at radius 2 is 2.00 bits per heavy atom. The van der Waals surface area contributed by atoms with Crippen LogP contribution in [-0.4, -0.2) is 26.5 Å². The fraction of sp³-hybridized carbons (Fsp3) is 0.143. The Labute approximate surface area is 120 Å². The molecule has 2 heterocycles. The van der Waals surface area contributed by atoms with Crippen molar-refractivity contribution in [3.8, 4) is 22.4 Å². The number of H-pyrrole nitrogens is 1. The van der Waals surface area contributed by atoms with Crippen LogP contribution in [0.2, 0.25) is 0 Å². The maximum atomic E-state index is 11.4. The predicted octanol–water partition coefficient (Wildman–Crippen LogP) is 1.84. The molecule has 0 unspecified atom stereocenters. The van der Waals surface area contributed by atoms with Gasteiger partial charge in [-0.2, -0.15) is 15.4 Å². The summed E-state index contributed by atoms with van der Waals surface area (Å²) in [6.45, 7) is 3.73. The van der Waals surface area contributed by atoms with E-state index in [2.05, 4.69) is 20.6 Å². The smallest absolute Gasteiger partial charge is 0.271 e. The number of nitrogens with two attached hydrogens (primary N) is 1. The monoisotopic (exact) mass is 283 g/mol. The molecule has 0 saturated heterocycles. The highest BCUT2D eigenvalue weighted by molar-refractivity contribution is 5.97. The van der Waals surface area contributed by atoms with Crippen LogP contribution in [0, 0.1) is 13.8 Å². The number of hydrogen-bond acceptors (Lipinski definition) is 5. The summed E-state index contributed by atoms with van der Waals surface area (Å²) < 4.78 is 5.18. The highest BCUT2D eigenvalue weighted by Crippen LogP contribution is 2.30. The number of amides is 1. The number of hydrogen-bond donors (Lipinski definition) is 2. The molecule has 3 N–H and O–H groups in total. The number of aryl methyl sites for hydroxylation is 2. The SMILES string of the molecule is Cc1noc(C)c1-c1cccc(-c2n[nH]nc2C(N)=O)c1. The van der Waals surface area contributed by atoms with Gasteiger partial charge in [0.1, 0.15) is 11.5 Å². The fourth-order valence-electron chi connectivity index (χ4n) is 2.32. The Balaban J connectivity index is 2.13. The second-order valence-corrected chi connectivity index (χ2v) is 4.67. The lowest BCUT2D eigenvalue weighted by molar-refractivity contribution is 0.0996. The van der Waals surface area contributed by atoms with Crippen LogP contribution in [0.4, 0.5) is 0 Å². The molecule has 7 heteroatoms. The van der Waals surface area contributed by atoms with Gasteiger partial charge in [-0.05, 0) is 25.5 Å². The highest BCUT2D eigenvalue weighted by atomic mass is 16.5. The molecule has 0 bridgehead atoms. The van der Waals surface area contributed by atoms with Gasteiger partial charge in [-0.25, -0.2) is 0 Å². The fourth-order valence-corrected chi connectivity index (χ4v) is 2.32. The van der Waals surface area contributed by atoms with Crippen molar-refractivity contribution in [2.75, 3.05) is 0 Å². The first-order chi connectivity index (χ1) is 10.1. The molecule has 0 atom stereocenters. The van der Waals surface area contributed by atoms with E-state index in [-0.39, 0.29) is 5.69 Å². The van der Waals surface area contributed by atoms with Crippen LogP contribution in [0.25, 0.3) is 22.4 Å². The number of nitrogens with one attached hydrogen (secondary N) is 1. The average Bonchev–Trinajstić information content (AvgIpc) is 3.06. The second-order valence-electron chi connectivity index (χ2n) is 4.67. The van der Waals surface area contributed by atoms with Crippen molar-refractivity contribution in [3.63, 3.8) is 0 Å². The lowest BCUT2D eigenvalue weighted by Crippen LogP contribution is -2.12. The predicted molar refractivity (Wildman–Crippen MR) is 75.3 cm³/mol. The third-order valence-electron chi connectivity index (χ3n) is 3.24. The van der Waals surface area contributed by atoms with Gasteiger partial charge in [0.25, 0.3) is 5.91 Å². The molecule has 0 spiro atoms. The molecule has 0 saturated carbocycles. The van der Waals surface area contributed by atoms with Gasteiger partial charge >= 0.3 is 0 Å². The quantitative estimate of drug-likeness (QED) is 0.762. The van der Waals surface area contributed by atoms with Gasteiger partial charge in [-0.3, -0.25) is 4.79 Å². The highest BCUT2D eigenvalue weighted by Gasteiger charge is 2.17. The van der Waals surface area contributed by atoms with E-state index in [1.807, 2.05) is 38.1 Å². The third kappa shape index (κ3) is 2.18. The number of benzene rings is 1. The van der Waals surface area contributed by atoms with Crippen LogP contribution in [-0.2, 0) is 0 Å². The summed E-state index contributed by atoms with van der Waals surface area (Å²) in [7, 11) is 0. The normalized spacial score (nSPS) is 10.8. The standard InChI is InChI=1S/C14H13N5O2/c1-7-11(8(2)21-18-7)9-4-3-5-10(6-9)12-13(14(15)20)17-19-16-12/h3-6H,1-2H3,(H2,15,20)(H,16,17,19). The summed E-state index contributed by atoms with van der Waals surface area (Å²) in [6.07, 6.45) is 0. The van der Waals surface area contributed by atoms with E-state index in [1.54, 1.807) is 0 Å². The van der Waals surface area contributed by atoms with E-state index in [0.717, 1.165) is 28.1 Å². The van der Waals surface area contributed by atoms with E-state index >= 15 is 0 Å². The number of carbonyl (C=O) groups excluding carboxylic acids is 1. The van der Waals surface area contributed by atoms with Gasteiger partial charge in [0.15, 0.2) is 5.69 Å². The van der Waals surface area contributed by atoms with Gasteiger partial charge < -0.3 is 10.3 Å². The van der Waals surface area contributed by atoms with Gasteiger partial charge in [0, 0.05) is 11.1 Å².